The van der Waals surface area contributed by atoms with Gasteiger partial charge in [-0.2, -0.15) is 0 Å². The minimum atomic E-state index is -0.927. The van der Waals surface area contributed by atoms with Gasteiger partial charge in [0.15, 0.2) is 5.69 Å². The molecule has 55 heavy (non-hydrogen) atoms. The lowest BCUT2D eigenvalue weighted by molar-refractivity contribution is -0.132. The van der Waals surface area contributed by atoms with Gasteiger partial charge in [0.2, 0.25) is 23.6 Å². The molecule has 292 valence electrons. The zero-order chi connectivity index (χ0) is 39.3. The van der Waals surface area contributed by atoms with E-state index >= 15 is 0 Å². The second-order valence-corrected chi connectivity index (χ2v) is 15.5. The number of aliphatic hydroxyl groups is 2. The number of aromatic nitrogens is 2. The van der Waals surface area contributed by atoms with Gasteiger partial charge in [0, 0.05) is 68.9 Å². The number of aromatic hydroxyl groups is 2. The van der Waals surface area contributed by atoms with Crippen LogP contribution in [0.15, 0.2) is 85.1 Å². The molecule has 6 N–H and O–H groups in total. The summed E-state index contributed by atoms with van der Waals surface area (Å²) in [5.41, 5.74) is 3.13. The number of rotatable bonds is 13. The number of hydrogen-bond acceptors (Lipinski definition) is 11. The quantitative estimate of drug-likeness (QED) is 0.118. The molecule has 0 spiro atoms. The van der Waals surface area contributed by atoms with E-state index in [9.17, 15) is 34.8 Å². The van der Waals surface area contributed by atoms with E-state index in [0.29, 0.717) is 43.8 Å². The molecule has 1 aliphatic heterocycles. The fourth-order valence-corrected chi connectivity index (χ4v) is 7.34. The molecule has 1 fully saturated rings. The van der Waals surface area contributed by atoms with Crippen molar-refractivity contribution in [1.29, 1.82) is 0 Å². The molecule has 1 aliphatic carbocycles. The summed E-state index contributed by atoms with van der Waals surface area (Å²) in [6.45, 7) is 7.76. The van der Waals surface area contributed by atoms with Gasteiger partial charge >= 0.3 is 5.97 Å². The first kappa shape index (κ1) is 39.4. The number of amides is 2. The number of aliphatic hydroxyl groups excluding tert-OH is 2. The minimum Gasteiger partial charge on any atom is -0.492 e. The molecule has 1 saturated heterocycles. The van der Waals surface area contributed by atoms with Crippen molar-refractivity contribution in [1.82, 2.24) is 30.1 Å². The van der Waals surface area contributed by atoms with Gasteiger partial charge in [-0.05, 0) is 61.9 Å². The summed E-state index contributed by atoms with van der Waals surface area (Å²) >= 11 is 0. The molecular formula is C41H50N6O8. The first-order valence-electron chi connectivity index (χ1n) is 18.6. The molecule has 14 heteroatoms. The lowest BCUT2D eigenvalue weighted by Gasteiger charge is -2.42. The van der Waals surface area contributed by atoms with Crippen LogP contribution in [0.2, 0.25) is 0 Å². The normalized spacial score (nSPS) is 20.0. The molecular weight excluding hydrogens is 704 g/mol. The number of piperazine rings is 1. The molecule has 2 aromatic heterocycles. The van der Waals surface area contributed by atoms with E-state index in [0.717, 1.165) is 22.3 Å². The van der Waals surface area contributed by atoms with Crippen molar-refractivity contribution >= 4 is 17.8 Å². The van der Waals surface area contributed by atoms with E-state index in [4.69, 9.17) is 4.84 Å². The van der Waals surface area contributed by atoms with Crippen molar-refractivity contribution in [3.05, 3.63) is 113 Å². The third-order valence-electron chi connectivity index (χ3n) is 9.99. The molecule has 5 atom stereocenters. The van der Waals surface area contributed by atoms with E-state index in [1.807, 2.05) is 80.3 Å². The van der Waals surface area contributed by atoms with E-state index in [1.54, 1.807) is 6.07 Å². The van der Waals surface area contributed by atoms with E-state index in [1.165, 1.54) is 24.4 Å². The number of benzene rings is 2. The fourth-order valence-electron chi connectivity index (χ4n) is 7.34. The second kappa shape index (κ2) is 17.0. The molecule has 0 unspecified atom stereocenters. The van der Waals surface area contributed by atoms with Crippen LogP contribution in [-0.2, 0) is 29.0 Å². The summed E-state index contributed by atoms with van der Waals surface area (Å²) in [7, 11) is 0. The molecule has 4 aromatic rings. The predicted molar refractivity (Wildman–Crippen MR) is 203 cm³/mol. The number of carbonyl (C=O) groups is 3. The van der Waals surface area contributed by atoms with Crippen molar-refractivity contribution in [3.63, 3.8) is 0 Å². The Balaban J connectivity index is 1.11. The summed E-state index contributed by atoms with van der Waals surface area (Å²) in [4.78, 5) is 53.6. The monoisotopic (exact) mass is 754 g/mol. The first-order chi connectivity index (χ1) is 26.2. The highest BCUT2D eigenvalue weighted by Gasteiger charge is 2.37. The first-order valence-corrected chi connectivity index (χ1v) is 18.6. The lowest BCUT2D eigenvalue weighted by Crippen LogP contribution is -2.61. The number of hydrogen-bond donors (Lipinski definition) is 6. The van der Waals surface area contributed by atoms with Crippen LogP contribution in [0.3, 0.4) is 0 Å². The van der Waals surface area contributed by atoms with Crippen LogP contribution in [0.1, 0.15) is 66.0 Å². The average molecular weight is 755 g/mol. The maximum Gasteiger partial charge on any atom is 0.382 e. The van der Waals surface area contributed by atoms with Crippen LogP contribution in [0.25, 0.3) is 0 Å². The standard InChI is InChI=1S/C41H50N6O8/c1-41(2,3)44-39(53)33-25-45(23-27-13-14-32(42-22-27)40(54)55-47-35(50)15-16-36(47)51)17-18-46(33)24-30(48)20-29(19-26-9-5-4-6-10-26)38(52)43-37-31-12-8-7-11-28(31)21-34(37)49/h4-16,22,29-30,33-34,37,48-51H,17-21,23-25H2,1-3H3,(H,43,52)(H,44,53)/t29-,30+,33+,34-,37+/m1/s1. The summed E-state index contributed by atoms with van der Waals surface area (Å²) in [6.07, 6.45) is 0.881. The Morgan fingerprint density at radius 1 is 0.927 bits per heavy atom. The number of pyridine rings is 1. The van der Waals surface area contributed by atoms with E-state index in [2.05, 4.69) is 20.5 Å². The molecule has 14 nitrogen and oxygen atoms in total. The molecule has 2 amide bonds. The summed E-state index contributed by atoms with van der Waals surface area (Å²) in [6, 6.07) is 21.8. The third-order valence-corrected chi connectivity index (χ3v) is 9.99. The molecule has 3 heterocycles. The number of β-amino-alcohol motifs (C(OH)–C–C–N with tert-alkyl or cyclic N) is 1. The number of fused-ring (bicyclic) bond motifs is 1. The average Bonchev–Trinajstić information content (AvgIpc) is 3.64. The lowest BCUT2D eigenvalue weighted by atomic mass is 9.91. The van der Waals surface area contributed by atoms with Gasteiger partial charge in [0.05, 0.1) is 18.2 Å². The summed E-state index contributed by atoms with van der Waals surface area (Å²) in [5.74, 6) is -2.77. The maximum atomic E-state index is 13.9. The van der Waals surface area contributed by atoms with Crippen LogP contribution in [0.4, 0.5) is 0 Å². The zero-order valence-electron chi connectivity index (χ0n) is 31.3. The third kappa shape index (κ3) is 10.1. The van der Waals surface area contributed by atoms with Crippen molar-refractivity contribution in [2.24, 2.45) is 5.92 Å². The molecule has 2 aromatic carbocycles. The largest absolute Gasteiger partial charge is 0.492 e. The van der Waals surface area contributed by atoms with Gasteiger partial charge in [-0.15, -0.1) is 4.73 Å². The zero-order valence-corrected chi connectivity index (χ0v) is 31.3. The van der Waals surface area contributed by atoms with Crippen molar-refractivity contribution < 1.29 is 39.6 Å². The van der Waals surface area contributed by atoms with Crippen LogP contribution in [0, 0.1) is 5.92 Å². The highest BCUT2D eigenvalue weighted by Crippen LogP contribution is 2.32. The van der Waals surface area contributed by atoms with Crippen LogP contribution in [0.5, 0.6) is 11.8 Å². The SMILES string of the molecule is CC(C)(C)NC(=O)[C@@H]1CN(Cc2ccc(C(=O)On3c(O)ccc3O)nc2)CCN1C[C@@H](O)C[C@@H](Cc1ccccc1)C(=O)N[C@H]1c2ccccc2C[C@H]1O. The Morgan fingerprint density at radius 2 is 1.64 bits per heavy atom. The van der Waals surface area contributed by atoms with Gasteiger partial charge in [0.1, 0.15) is 6.04 Å². The Morgan fingerprint density at radius 3 is 2.33 bits per heavy atom. The Hall–Kier alpha value is -5.28. The number of carbonyl (C=O) groups excluding carboxylic acids is 3. The Bertz CT molecular complexity index is 1930. The molecule has 6 rings (SSSR count). The molecule has 0 bridgehead atoms. The Labute approximate surface area is 320 Å². The summed E-state index contributed by atoms with van der Waals surface area (Å²) < 4.78 is 0.594. The van der Waals surface area contributed by atoms with Crippen molar-refractivity contribution in [2.75, 3.05) is 26.2 Å². The molecule has 2 aliphatic rings. The maximum absolute atomic E-state index is 13.9. The topological polar surface area (TPSA) is 190 Å². The second-order valence-electron chi connectivity index (χ2n) is 15.5. The van der Waals surface area contributed by atoms with Crippen LogP contribution >= 0.6 is 0 Å². The van der Waals surface area contributed by atoms with E-state index < -0.39 is 53.5 Å². The smallest absolute Gasteiger partial charge is 0.382 e. The van der Waals surface area contributed by atoms with Crippen molar-refractivity contribution in [2.45, 2.75) is 76.4 Å². The minimum absolute atomic E-state index is 0.0269. The highest BCUT2D eigenvalue weighted by molar-refractivity contribution is 5.87. The van der Waals surface area contributed by atoms with Crippen LogP contribution < -0.4 is 15.5 Å². The molecule has 0 radical (unpaired) electrons. The number of nitrogens with zero attached hydrogens (tertiary/aromatic N) is 4. The van der Waals surface area contributed by atoms with Gasteiger partial charge in [-0.3, -0.25) is 19.4 Å². The Kier molecular flexibility index (Phi) is 12.2. The van der Waals surface area contributed by atoms with Crippen molar-refractivity contribution in [3.8, 4) is 11.8 Å². The summed E-state index contributed by atoms with van der Waals surface area (Å²) in [5, 5.41) is 48.2. The highest BCUT2D eigenvalue weighted by atomic mass is 16.7. The molecule has 0 saturated carbocycles. The van der Waals surface area contributed by atoms with Gasteiger partial charge in [0.25, 0.3) is 0 Å². The van der Waals surface area contributed by atoms with Gasteiger partial charge < -0.3 is 35.9 Å². The fraction of sp³-hybridized carbons (Fsp3) is 0.415. The van der Waals surface area contributed by atoms with E-state index in [-0.39, 0.29) is 30.5 Å². The van der Waals surface area contributed by atoms with Crippen LogP contribution in [-0.4, -0.2) is 108 Å². The van der Waals surface area contributed by atoms with Gasteiger partial charge in [-0.25, -0.2) is 9.78 Å². The number of nitrogens with one attached hydrogen (secondary N) is 2. The van der Waals surface area contributed by atoms with Gasteiger partial charge in [-0.1, -0.05) is 60.7 Å². The predicted octanol–water partition coefficient (Wildman–Crippen LogP) is 2.35.